The van der Waals surface area contributed by atoms with Crippen molar-refractivity contribution in [2.45, 2.75) is 19.5 Å². The summed E-state index contributed by atoms with van der Waals surface area (Å²) in [6, 6.07) is 13.5. The van der Waals surface area contributed by atoms with Crippen molar-refractivity contribution in [1.82, 2.24) is 9.80 Å². The van der Waals surface area contributed by atoms with Gasteiger partial charge < -0.3 is 9.64 Å². The average molecular weight is 386 g/mol. The second-order valence-corrected chi connectivity index (χ2v) is 7.91. The molecule has 2 aromatic rings. The molecule has 0 saturated carbocycles. The summed E-state index contributed by atoms with van der Waals surface area (Å²) in [6.07, 6.45) is 0.419. The van der Waals surface area contributed by atoms with Crippen molar-refractivity contribution in [1.29, 1.82) is 0 Å². The number of carbonyl (C=O) groups is 1. The van der Waals surface area contributed by atoms with Gasteiger partial charge >= 0.3 is 0 Å². The van der Waals surface area contributed by atoms with Crippen LogP contribution in [0.4, 0.5) is 8.78 Å². The Kier molecular flexibility index (Phi) is 5.42. The number of likely N-dealkylation sites (tertiary alicyclic amines) is 1. The van der Waals surface area contributed by atoms with Gasteiger partial charge in [0.25, 0.3) is 0 Å². The van der Waals surface area contributed by atoms with E-state index in [-0.39, 0.29) is 11.3 Å². The fraction of sp³-hybridized carbons (Fsp3) is 0.409. The van der Waals surface area contributed by atoms with E-state index in [1.54, 1.807) is 0 Å². The largest absolute Gasteiger partial charge is 0.379 e. The van der Waals surface area contributed by atoms with Gasteiger partial charge in [0.15, 0.2) is 0 Å². The zero-order valence-electron chi connectivity index (χ0n) is 15.7. The van der Waals surface area contributed by atoms with E-state index >= 15 is 0 Å². The first-order valence-corrected chi connectivity index (χ1v) is 9.59. The maximum Gasteiger partial charge on any atom is 0.223 e. The van der Waals surface area contributed by atoms with Gasteiger partial charge in [-0.2, -0.15) is 0 Å². The molecule has 0 radical (unpaired) electrons. The molecule has 1 unspecified atom stereocenters. The SMILES string of the molecule is O=C1CC2(COCCN(Cc3cc(F)ccc3F)C2)CN1Cc1ccccc1. The van der Waals surface area contributed by atoms with E-state index in [9.17, 15) is 13.6 Å². The van der Waals surface area contributed by atoms with Crippen molar-refractivity contribution >= 4 is 5.91 Å². The van der Waals surface area contributed by atoms with Gasteiger partial charge in [0.2, 0.25) is 5.91 Å². The molecular weight excluding hydrogens is 362 g/mol. The van der Waals surface area contributed by atoms with Crippen molar-refractivity contribution in [3.63, 3.8) is 0 Å². The van der Waals surface area contributed by atoms with Gasteiger partial charge in [0, 0.05) is 50.1 Å². The minimum absolute atomic E-state index is 0.117. The van der Waals surface area contributed by atoms with E-state index in [1.807, 2.05) is 35.2 Å². The number of rotatable bonds is 4. The van der Waals surface area contributed by atoms with Gasteiger partial charge in [-0.05, 0) is 23.8 Å². The minimum Gasteiger partial charge on any atom is -0.379 e. The van der Waals surface area contributed by atoms with E-state index < -0.39 is 11.6 Å². The summed E-state index contributed by atoms with van der Waals surface area (Å²) >= 11 is 0. The molecule has 4 nitrogen and oxygen atoms in total. The molecule has 0 aromatic heterocycles. The minimum atomic E-state index is -0.442. The summed E-state index contributed by atoms with van der Waals surface area (Å²) in [4.78, 5) is 16.6. The fourth-order valence-electron chi connectivity index (χ4n) is 4.25. The van der Waals surface area contributed by atoms with Crippen LogP contribution in [0.2, 0.25) is 0 Å². The first-order valence-electron chi connectivity index (χ1n) is 9.59. The normalized spacial score (nSPS) is 23.4. The lowest BCUT2D eigenvalue weighted by atomic mass is 9.87. The second-order valence-electron chi connectivity index (χ2n) is 7.91. The van der Waals surface area contributed by atoms with E-state index in [4.69, 9.17) is 4.74 Å². The molecule has 0 bridgehead atoms. The molecule has 148 valence electrons. The van der Waals surface area contributed by atoms with Crippen LogP contribution in [0.25, 0.3) is 0 Å². The van der Waals surface area contributed by atoms with Gasteiger partial charge in [-0.1, -0.05) is 30.3 Å². The molecule has 2 heterocycles. The van der Waals surface area contributed by atoms with Crippen LogP contribution in [-0.2, 0) is 22.6 Å². The Bertz CT molecular complexity index is 846. The lowest BCUT2D eigenvalue weighted by Crippen LogP contribution is -2.40. The third-order valence-corrected chi connectivity index (χ3v) is 5.54. The molecule has 1 spiro atoms. The smallest absolute Gasteiger partial charge is 0.223 e. The Balaban J connectivity index is 1.47. The maximum absolute atomic E-state index is 14.1. The predicted molar refractivity (Wildman–Crippen MR) is 101 cm³/mol. The molecule has 1 amide bonds. The highest BCUT2D eigenvalue weighted by molar-refractivity contribution is 5.79. The lowest BCUT2D eigenvalue weighted by molar-refractivity contribution is -0.128. The molecule has 2 fully saturated rings. The van der Waals surface area contributed by atoms with Crippen LogP contribution in [0.15, 0.2) is 48.5 Å². The lowest BCUT2D eigenvalue weighted by Gasteiger charge is -2.31. The molecule has 1 atom stereocenters. The van der Waals surface area contributed by atoms with Gasteiger partial charge in [0.05, 0.1) is 13.2 Å². The Morgan fingerprint density at radius 1 is 1.04 bits per heavy atom. The first-order chi connectivity index (χ1) is 13.5. The van der Waals surface area contributed by atoms with Crippen LogP contribution in [0.5, 0.6) is 0 Å². The topological polar surface area (TPSA) is 32.8 Å². The second kappa shape index (κ2) is 7.97. The Labute approximate surface area is 163 Å². The van der Waals surface area contributed by atoms with E-state index in [1.165, 1.54) is 6.07 Å². The number of hydrogen-bond donors (Lipinski definition) is 0. The average Bonchev–Trinajstić information content (AvgIpc) is 2.84. The summed E-state index contributed by atoms with van der Waals surface area (Å²) in [5, 5.41) is 0. The number of halogens is 2. The highest BCUT2D eigenvalue weighted by Crippen LogP contribution is 2.35. The molecule has 2 aliphatic rings. The molecule has 6 heteroatoms. The zero-order valence-corrected chi connectivity index (χ0v) is 15.7. The van der Waals surface area contributed by atoms with Gasteiger partial charge in [-0.15, -0.1) is 0 Å². The number of amides is 1. The maximum atomic E-state index is 14.1. The quantitative estimate of drug-likeness (QED) is 0.809. The standard InChI is InChI=1S/C22H24F2N2O2/c23-19-6-7-20(24)18(10-19)13-25-8-9-28-16-22(14-25)11-21(27)26(15-22)12-17-4-2-1-3-5-17/h1-7,10H,8-9,11-16H2. The van der Waals surface area contributed by atoms with E-state index in [2.05, 4.69) is 4.90 Å². The van der Waals surface area contributed by atoms with Gasteiger partial charge in [-0.25, -0.2) is 8.78 Å². The van der Waals surface area contributed by atoms with Crippen LogP contribution >= 0.6 is 0 Å². The third-order valence-electron chi connectivity index (χ3n) is 5.54. The van der Waals surface area contributed by atoms with Crippen LogP contribution in [0, 0.1) is 17.0 Å². The molecule has 2 aliphatic heterocycles. The van der Waals surface area contributed by atoms with E-state index in [0.29, 0.717) is 57.9 Å². The van der Waals surface area contributed by atoms with E-state index in [0.717, 1.165) is 17.7 Å². The summed E-state index contributed by atoms with van der Waals surface area (Å²) in [6.45, 7) is 3.78. The summed E-state index contributed by atoms with van der Waals surface area (Å²) in [5.74, 6) is -0.734. The third kappa shape index (κ3) is 4.23. The number of benzene rings is 2. The predicted octanol–water partition coefficient (Wildman–Crippen LogP) is 3.22. The zero-order chi connectivity index (χ0) is 19.6. The summed E-state index contributed by atoms with van der Waals surface area (Å²) in [7, 11) is 0. The van der Waals surface area contributed by atoms with Crippen LogP contribution in [-0.4, -0.2) is 48.6 Å². The van der Waals surface area contributed by atoms with Crippen molar-refractivity contribution in [2.75, 3.05) is 32.8 Å². The van der Waals surface area contributed by atoms with Gasteiger partial charge in [0.1, 0.15) is 11.6 Å². The number of ether oxygens (including phenoxy) is 1. The molecule has 2 saturated heterocycles. The monoisotopic (exact) mass is 386 g/mol. The van der Waals surface area contributed by atoms with Gasteiger partial charge in [-0.3, -0.25) is 9.69 Å². The highest BCUT2D eigenvalue weighted by atomic mass is 19.1. The Morgan fingerprint density at radius 2 is 1.86 bits per heavy atom. The fourth-order valence-corrected chi connectivity index (χ4v) is 4.25. The molecule has 4 rings (SSSR count). The molecule has 0 N–H and O–H groups in total. The van der Waals surface area contributed by atoms with Crippen molar-refractivity contribution in [3.8, 4) is 0 Å². The molecule has 0 aliphatic carbocycles. The number of carbonyl (C=O) groups excluding carboxylic acids is 1. The molecule has 28 heavy (non-hydrogen) atoms. The Morgan fingerprint density at radius 3 is 2.68 bits per heavy atom. The Hall–Kier alpha value is -2.31. The van der Waals surface area contributed by atoms with Crippen molar-refractivity contribution in [3.05, 3.63) is 71.3 Å². The van der Waals surface area contributed by atoms with Crippen LogP contribution in [0.1, 0.15) is 17.5 Å². The highest BCUT2D eigenvalue weighted by Gasteiger charge is 2.45. The number of nitrogens with zero attached hydrogens (tertiary/aromatic N) is 2. The summed E-state index contributed by atoms with van der Waals surface area (Å²) in [5.41, 5.74) is 1.12. The van der Waals surface area contributed by atoms with Crippen molar-refractivity contribution < 1.29 is 18.3 Å². The summed E-state index contributed by atoms with van der Waals surface area (Å²) < 4.78 is 33.4. The first kappa shape index (κ1) is 19.0. The van der Waals surface area contributed by atoms with Crippen LogP contribution < -0.4 is 0 Å². The molecular formula is C22H24F2N2O2. The molecule has 2 aromatic carbocycles. The number of hydrogen-bond acceptors (Lipinski definition) is 3. The van der Waals surface area contributed by atoms with Crippen molar-refractivity contribution in [2.24, 2.45) is 5.41 Å². The van der Waals surface area contributed by atoms with Crippen LogP contribution in [0.3, 0.4) is 0 Å².